The van der Waals surface area contributed by atoms with Crippen molar-refractivity contribution in [3.05, 3.63) is 77.9 Å². The van der Waals surface area contributed by atoms with Gasteiger partial charge < -0.3 is 20.4 Å². The molecule has 0 spiro atoms. The maximum Gasteiger partial charge on any atom is 0.416 e. The summed E-state index contributed by atoms with van der Waals surface area (Å²) in [6, 6.07) is 9.61. The lowest BCUT2D eigenvalue weighted by Gasteiger charge is -2.19. The molecule has 2 aromatic carbocycles. The Morgan fingerprint density at radius 1 is 1.09 bits per heavy atom. The Kier molecular flexibility index (Phi) is 5.91. The van der Waals surface area contributed by atoms with Crippen LogP contribution < -0.4 is 15.4 Å². The van der Waals surface area contributed by atoms with Crippen LogP contribution in [0.4, 0.5) is 29.3 Å². The first kappa shape index (κ1) is 22.1. The smallest absolute Gasteiger partial charge is 0.416 e. The van der Waals surface area contributed by atoms with Gasteiger partial charge in [0.1, 0.15) is 11.3 Å². The third-order valence-corrected chi connectivity index (χ3v) is 5.31. The molecule has 7 nitrogen and oxygen atoms in total. The molecule has 1 atom stereocenters. The van der Waals surface area contributed by atoms with Crippen molar-refractivity contribution in [3.8, 4) is 5.75 Å². The second-order valence-electron chi connectivity index (χ2n) is 7.32. The Hall–Kier alpha value is -4.08. The number of H-pyrrole nitrogens is 1. The zero-order chi connectivity index (χ0) is 23.6. The fourth-order valence-corrected chi connectivity index (χ4v) is 3.60. The molecule has 0 fully saturated rings. The highest BCUT2D eigenvalue weighted by molar-refractivity contribution is 6.06. The number of nitrogens with zero attached hydrogens (tertiary/aromatic N) is 2. The van der Waals surface area contributed by atoms with Gasteiger partial charge in [-0.15, -0.1) is 0 Å². The average Bonchev–Trinajstić information content (AvgIpc) is 3.28. The van der Waals surface area contributed by atoms with Crippen LogP contribution in [-0.2, 0) is 6.18 Å². The molecule has 0 aliphatic heterocycles. The highest BCUT2D eigenvalue weighted by Crippen LogP contribution is 2.36. The topological polar surface area (TPSA) is 91.9 Å². The minimum Gasteiger partial charge on any atom is -0.495 e. The number of imidazole rings is 1. The van der Waals surface area contributed by atoms with Crippen molar-refractivity contribution in [3.63, 3.8) is 0 Å². The van der Waals surface area contributed by atoms with Crippen LogP contribution in [0.15, 0.2) is 61.2 Å². The first-order valence-electron chi connectivity index (χ1n) is 9.97. The number of hydrogen-bond acceptors (Lipinski definition) is 4. The van der Waals surface area contributed by atoms with Gasteiger partial charge in [0.05, 0.1) is 35.9 Å². The van der Waals surface area contributed by atoms with Gasteiger partial charge >= 0.3 is 12.2 Å². The van der Waals surface area contributed by atoms with E-state index in [1.54, 1.807) is 12.4 Å². The summed E-state index contributed by atoms with van der Waals surface area (Å²) in [6.07, 6.45) is 0.300. The first-order chi connectivity index (χ1) is 15.8. The molecule has 2 heterocycles. The van der Waals surface area contributed by atoms with E-state index in [-0.39, 0.29) is 17.4 Å². The van der Waals surface area contributed by atoms with Crippen molar-refractivity contribution in [2.45, 2.75) is 19.0 Å². The second kappa shape index (κ2) is 8.81. The van der Waals surface area contributed by atoms with E-state index >= 15 is 0 Å². The van der Waals surface area contributed by atoms with Crippen molar-refractivity contribution >= 4 is 28.4 Å². The molecule has 170 valence electrons. The summed E-state index contributed by atoms with van der Waals surface area (Å²) in [5, 5.41) is 5.23. The molecular formula is C23H20F3N5O2. The standard InChI is InChI=1S/C23H20F3N5O2/c1-13(14-7-9-27-10-8-14)16-4-5-17-21(29-12-28-17)20(16)31-22(32)30-18-11-15(23(24,25)26)3-6-19(18)33-2/h3-13H,1-2H3,(H,28,29)(H2,30,31,32). The maximum atomic E-state index is 13.1. The number of nitrogens with one attached hydrogen (secondary N) is 3. The van der Waals surface area contributed by atoms with Crippen molar-refractivity contribution in [2.75, 3.05) is 17.7 Å². The zero-order valence-electron chi connectivity index (χ0n) is 17.7. The summed E-state index contributed by atoms with van der Waals surface area (Å²) in [6.45, 7) is 1.97. The number of urea groups is 1. The summed E-state index contributed by atoms with van der Waals surface area (Å²) in [5.41, 5.74) is 2.42. The van der Waals surface area contributed by atoms with Crippen LogP contribution in [0.5, 0.6) is 5.75 Å². The first-order valence-corrected chi connectivity index (χ1v) is 9.97. The predicted octanol–water partition coefficient (Wildman–Crippen LogP) is 5.78. The molecule has 0 saturated heterocycles. The van der Waals surface area contributed by atoms with Gasteiger partial charge in [-0.1, -0.05) is 13.0 Å². The number of carbonyl (C=O) groups is 1. The Morgan fingerprint density at radius 2 is 1.85 bits per heavy atom. The quantitative estimate of drug-likeness (QED) is 0.356. The predicted molar refractivity (Wildman–Crippen MR) is 118 cm³/mol. The summed E-state index contributed by atoms with van der Waals surface area (Å²) < 4.78 is 44.5. The third kappa shape index (κ3) is 4.59. The number of methoxy groups -OCH3 is 1. The number of amides is 2. The molecule has 2 amide bonds. The summed E-state index contributed by atoms with van der Waals surface area (Å²) in [5.74, 6) is -0.0194. The monoisotopic (exact) mass is 455 g/mol. The van der Waals surface area contributed by atoms with Crippen LogP contribution in [-0.4, -0.2) is 28.1 Å². The lowest BCUT2D eigenvalue weighted by molar-refractivity contribution is -0.137. The fourth-order valence-electron chi connectivity index (χ4n) is 3.60. The van der Waals surface area contributed by atoms with E-state index in [0.29, 0.717) is 16.7 Å². The molecule has 4 aromatic rings. The number of anilines is 2. The minimum absolute atomic E-state index is 0.0986. The number of hydrogen-bond donors (Lipinski definition) is 3. The molecule has 0 aliphatic carbocycles. The van der Waals surface area contributed by atoms with Gasteiger partial charge in [0.15, 0.2) is 0 Å². The zero-order valence-corrected chi connectivity index (χ0v) is 17.7. The number of fused-ring (bicyclic) bond motifs is 1. The minimum atomic E-state index is -4.56. The molecular weight excluding hydrogens is 435 g/mol. The number of alkyl halides is 3. The molecule has 0 saturated carbocycles. The lowest BCUT2D eigenvalue weighted by Crippen LogP contribution is -2.22. The fraction of sp³-hybridized carbons (Fsp3) is 0.174. The van der Waals surface area contributed by atoms with Crippen molar-refractivity contribution < 1.29 is 22.7 Å². The Morgan fingerprint density at radius 3 is 2.55 bits per heavy atom. The van der Waals surface area contributed by atoms with E-state index in [0.717, 1.165) is 29.3 Å². The molecule has 4 rings (SSSR count). The molecule has 1 unspecified atom stereocenters. The van der Waals surface area contributed by atoms with E-state index in [1.807, 2.05) is 31.2 Å². The SMILES string of the molecule is COc1ccc(C(F)(F)F)cc1NC(=O)Nc1c(C(C)c2ccncc2)ccc2[nH]cnc12. The second-order valence-corrected chi connectivity index (χ2v) is 7.32. The van der Waals surface area contributed by atoms with Gasteiger partial charge in [0, 0.05) is 18.3 Å². The highest BCUT2D eigenvalue weighted by atomic mass is 19.4. The van der Waals surface area contributed by atoms with Crippen LogP contribution >= 0.6 is 0 Å². The van der Waals surface area contributed by atoms with E-state index in [1.165, 1.54) is 13.4 Å². The van der Waals surface area contributed by atoms with Crippen LogP contribution in [0.1, 0.15) is 29.5 Å². The number of aromatic nitrogens is 3. The van der Waals surface area contributed by atoms with Crippen LogP contribution in [0.2, 0.25) is 0 Å². The molecule has 2 aromatic heterocycles. The molecule has 0 bridgehead atoms. The van der Waals surface area contributed by atoms with Gasteiger partial charge in [-0.25, -0.2) is 9.78 Å². The molecule has 0 aliphatic rings. The number of rotatable bonds is 5. The van der Waals surface area contributed by atoms with E-state index in [2.05, 4.69) is 25.6 Å². The lowest BCUT2D eigenvalue weighted by atomic mass is 9.92. The summed E-state index contributed by atoms with van der Waals surface area (Å²) in [7, 11) is 1.31. The number of halogens is 3. The van der Waals surface area contributed by atoms with Gasteiger partial charge in [-0.05, 0) is 47.5 Å². The molecule has 3 N–H and O–H groups in total. The molecule has 10 heteroatoms. The van der Waals surface area contributed by atoms with Gasteiger partial charge in [-0.3, -0.25) is 4.98 Å². The van der Waals surface area contributed by atoms with Crippen LogP contribution in [0.3, 0.4) is 0 Å². The van der Waals surface area contributed by atoms with Crippen molar-refractivity contribution in [1.29, 1.82) is 0 Å². The maximum absolute atomic E-state index is 13.1. The van der Waals surface area contributed by atoms with Crippen molar-refractivity contribution in [1.82, 2.24) is 15.0 Å². The van der Waals surface area contributed by atoms with Gasteiger partial charge in [-0.2, -0.15) is 13.2 Å². The van der Waals surface area contributed by atoms with Gasteiger partial charge in [0.2, 0.25) is 0 Å². The van der Waals surface area contributed by atoms with Crippen molar-refractivity contribution in [2.24, 2.45) is 0 Å². The van der Waals surface area contributed by atoms with E-state index in [4.69, 9.17) is 4.74 Å². The Labute approximate surface area is 187 Å². The normalized spacial score (nSPS) is 12.4. The number of ether oxygens (including phenoxy) is 1. The summed E-state index contributed by atoms with van der Waals surface area (Å²) >= 11 is 0. The highest BCUT2D eigenvalue weighted by Gasteiger charge is 2.31. The van der Waals surface area contributed by atoms with E-state index < -0.39 is 17.8 Å². The van der Waals surface area contributed by atoms with Crippen LogP contribution in [0.25, 0.3) is 11.0 Å². The number of aromatic amines is 1. The number of benzene rings is 2. The Bertz CT molecular complexity index is 1290. The molecule has 33 heavy (non-hydrogen) atoms. The van der Waals surface area contributed by atoms with Crippen LogP contribution in [0, 0.1) is 0 Å². The van der Waals surface area contributed by atoms with E-state index in [9.17, 15) is 18.0 Å². The average molecular weight is 455 g/mol. The summed E-state index contributed by atoms with van der Waals surface area (Å²) in [4.78, 5) is 24.2. The largest absolute Gasteiger partial charge is 0.495 e. The van der Waals surface area contributed by atoms with Gasteiger partial charge in [0.25, 0.3) is 0 Å². The third-order valence-electron chi connectivity index (χ3n) is 5.31. The number of carbonyl (C=O) groups excluding carboxylic acids is 1. The Balaban J connectivity index is 1.68. The molecule has 0 radical (unpaired) electrons. The number of pyridine rings is 1.